The van der Waals surface area contributed by atoms with Gasteiger partial charge in [-0.25, -0.2) is 13.1 Å². The van der Waals surface area contributed by atoms with Crippen LogP contribution < -0.4 is 10.5 Å². The lowest BCUT2D eigenvalue weighted by Gasteiger charge is -2.25. The lowest BCUT2D eigenvalue weighted by molar-refractivity contribution is 0.297. The molecule has 0 bridgehead atoms. The van der Waals surface area contributed by atoms with Crippen LogP contribution in [0.15, 0.2) is 23.2 Å². The predicted octanol–water partition coefficient (Wildman–Crippen LogP) is 1.01. The maximum absolute atomic E-state index is 11.9. The molecule has 0 amide bonds. The second-order valence-electron chi connectivity index (χ2n) is 4.67. The first-order chi connectivity index (χ1) is 8.62. The number of nitrogens with two attached hydrogens (primary N) is 1. The minimum absolute atomic E-state index is 0.202. The van der Waals surface area contributed by atoms with Crippen LogP contribution in [0, 0.1) is 5.92 Å². The standard InChI is InChI=1S/C12H19N3O2S/c13-8-11-4-5-12(9-14-11)18(16,17)15-7-6-10-2-1-3-10/h4-5,9-10,15H,1-3,6-8,13H2. The zero-order valence-electron chi connectivity index (χ0n) is 10.3. The van der Waals surface area contributed by atoms with Crippen LogP contribution >= 0.6 is 0 Å². The Morgan fingerprint density at radius 1 is 1.39 bits per heavy atom. The predicted molar refractivity (Wildman–Crippen MR) is 69.3 cm³/mol. The third kappa shape index (κ3) is 3.28. The van der Waals surface area contributed by atoms with Gasteiger partial charge in [-0.3, -0.25) is 4.98 Å². The summed E-state index contributed by atoms with van der Waals surface area (Å²) >= 11 is 0. The minimum atomic E-state index is -3.42. The number of hydrogen-bond donors (Lipinski definition) is 2. The van der Waals surface area contributed by atoms with E-state index in [1.54, 1.807) is 12.1 Å². The van der Waals surface area contributed by atoms with Crippen molar-refractivity contribution < 1.29 is 8.42 Å². The van der Waals surface area contributed by atoms with Crippen molar-refractivity contribution in [3.05, 3.63) is 24.0 Å². The molecule has 18 heavy (non-hydrogen) atoms. The van der Waals surface area contributed by atoms with Gasteiger partial charge in [-0.15, -0.1) is 0 Å². The van der Waals surface area contributed by atoms with Gasteiger partial charge in [0.25, 0.3) is 0 Å². The van der Waals surface area contributed by atoms with Crippen LogP contribution in [0.2, 0.25) is 0 Å². The number of pyridine rings is 1. The van der Waals surface area contributed by atoms with Crippen molar-refractivity contribution in [1.82, 2.24) is 9.71 Å². The lowest BCUT2D eigenvalue weighted by Crippen LogP contribution is -2.27. The van der Waals surface area contributed by atoms with Crippen LogP contribution in [-0.2, 0) is 16.6 Å². The van der Waals surface area contributed by atoms with Crippen LogP contribution in [0.4, 0.5) is 0 Å². The Labute approximate surface area is 108 Å². The summed E-state index contributed by atoms with van der Waals surface area (Å²) in [6.07, 6.45) is 6.02. The van der Waals surface area contributed by atoms with Gasteiger partial charge in [0, 0.05) is 19.3 Å². The molecule has 0 aromatic carbocycles. The molecule has 100 valence electrons. The SMILES string of the molecule is NCc1ccc(S(=O)(=O)NCCC2CCC2)cn1. The first-order valence-corrected chi connectivity index (χ1v) is 7.75. The van der Waals surface area contributed by atoms with E-state index in [4.69, 9.17) is 5.73 Å². The summed E-state index contributed by atoms with van der Waals surface area (Å²) in [6.45, 7) is 0.821. The van der Waals surface area contributed by atoms with Crippen LogP contribution in [0.25, 0.3) is 0 Å². The molecule has 1 saturated carbocycles. The molecular formula is C12H19N3O2S. The van der Waals surface area contributed by atoms with Gasteiger partial charge in [-0.1, -0.05) is 19.3 Å². The van der Waals surface area contributed by atoms with E-state index < -0.39 is 10.0 Å². The van der Waals surface area contributed by atoms with E-state index in [0.717, 1.165) is 6.42 Å². The van der Waals surface area contributed by atoms with E-state index in [2.05, 4.69) is 9.71 Å². The first kappa shape index (κ1) is 13.5. The number of hydrogen-bond acceptors (Lipinski definition) is 4. The van der Waals surface area contributed by atoms with Crippen molar-refractivity contribution in [3.8, 4) is 0 Å². The lowest BCUT2D eigenvalue weighted by atomic mass is 9.83. The van der Waals surface area contributed by atoms with Crippen molar-refractivity contribution in [2.45, 2.75) is 37.1 Å². The molecule has 1 aromatic rings. The molecule has 6 heteroatoms. The normalized spacial score (nSPS) is 16.5. The molecule has 0 saturated heterocycles. The first-order valence-electron chi connectivity index (χ1n) is 6.26. The Hall–Kier alpha value is -0.980. The Morgan fingerprint density at radius 2 is 2.17 bits per heavy atom. The molecule has 1 aromatic heterocycles. The van der Waals surface area contributed by atoms with E-state index >= 15 is 0 Å². The Balaban J connectivity index is 1.91. The molecule has 1 fully saturated rings. The number of nitrogens with one attached hydrogen (secondary N) is 1. The molecule has 5 nitrogen and oxygen atoms in total. The summed E-state index contributed by atoms with van der Waals surface area (Å²) in [5.41, 5.74) is 6.10. The molecule has 0 atom stereocenters. The summed E-state index contributed by atoms with van der Waals surface area (Å²) in [4.78, 5) is 4.19. The average molecular weight is 269 g/mol. The topological polar surface area (TPSA) is 85.1 Å². The summed E-state index contributed by atoms with van der Waals surface area (Å²) in [5.74, 6) is 0.699. The molecular weight excluding hydrogens is 250 g/mol. The van der Waals surface area contributed by atoms with Gasteiger partial charge in [0.1, 0.15) is 4.90 Å². The fourth-order valence-electron chi connectivity index (χ4n) is 1.95. The van der Waals surface area contributed by atoms with Crippen molar-refractivity contribution >= 4 is 10.0 Å². The number of aromatic nitrogens is 1. The quantitative estimate of drug-likeness (QED) is 0.807. The molecule has 1 aliphatic carbocycles. The van der Waals surface area contributed by atoms with Gasteiger partial charge in [0.15, 0.2) is 0 Å². The highest BCUT2D eigenvalue weighted by atomic mass is 32.2. The van der Waals surface area contributed by atoms with Crippen LogP contribution in [0.3, 0.4) is 0 Å². The Bertz CT molecular complexity index is 481. The zero-order chi connectivity index (χ0) is 13.0. The Kier molecular flexibility index (Phi) is 4.31. The van der Waals surface area contributed by atoms with E-state index in [-0.39, 0.29) is 4.90 Å². The van der Waals surface area contributed by atoms with Gasteiger partial charge in [0.2, 0.25) is 10.0 Å². The fourth-order valence-corrected chi connectivity index (χ4v) is 2.94. The molecule has 0 radical (unpaired) electrons. The average Bonchev–Trinajstić information content (AvgIpc) is 2.32. The van der Waals surface area contributed by atoms with Crippen molar-refractivity contribution in [2.75, 3.05) is 6.54 Å². The Morgan fingerprint density at radius 3 is 2.67 bits per heavy atom. The second kappa shape index (κ2) is 5.77. The number of rotatable bonds is 6. The van der Waals surface area contributed by atoms with Crippen molar-refractivity contribution in [1.29, 1.82) is 0 Å². The summed E-state index contributed by atoms with van der Waals surface area (Å²) in [7, 11) is -3.42. The highest BCUT2D eigenvalue weighted by Gasteiger charge is 2.19. The highest BCUT2D eigenvalue weighted by Crippen LogP contribution is 2.28. The molecule has 0 spiro atoms. The van der Waals surface area contributed by atoms with E-state index in [0.29, 0.717) is 24.7 Å². The zero-order valence-corrected chi connectivity index (χ0v) is 11.1. The maximum atomic E-state index is 11.9. The van der Waals surface area contributed by atoms with Gasteiger partial charge in [0.05, 0.1) is 5.69 Å². The van der Waals surface area contributed by atoms with Crippen LogP contribution in [-0.4, -0.2) is 19.9 Å². The molecule has 1 heterocycles. The van der Waals surface area contributed by atoms with Gasteiger partial charge < -0.3 is 5.73 Å². The van der Waals surface area contributed by atoms with Crippen molar-refractivity contribution in [2.24, 2.45) is 11.7 Å². The number of sulfonamides is 1. The summed E-state index contributed by atoms with van der Waals surface area (Å²) < 4.78 is 26.5. The second-order valence-corrected chi connectivity index (χ2v) is 6.44. The highest BCUT2D eigenvalue weighted by molar-refractivity contribution is 7.89. The molecule has 0 unspecified atom stereocenters. The van der Waals surface area contributed by atoms with E-state index in [1.807, 2.05) is 0 Å². The third-order valence-corrected chi connectivity index (χ3v) is 4.83. The van der Waals surface area contributed by atoms with Crippen LogP contribution in [0.5, 0.6) is 0 Å². The molecule has 1 aliphatic rings. The largest absolute Gasteiger partial charge is 0.325 e. The van der Waals surface area contributed by atoms with Crippen molar-refractivity contribution in [3.63, 3.8) is 0 Å². The molecule has 3 N–H and O–H groups in total. The summed E-state index contributed by atoms with van der Waals surface area (Å²) in [6, 6.07) is 3.18. The molecule has 0 aliphatic heterocycles. The van der Waals surface area contributed by atoms with Gasteiger partial charge in [-0.2, -0.15) is 0 Å². The van der Waals surface area contributed by atoms with E-state index in [9.17, 15) is 8.42 Å². The minimum Gasteiger partial charge on any atom is -0.325 e. The summed E-state index contributed by atoms with van der Waals surface area (Å²) in [5, 5.41) is 0. The van der Waals surface area contributed by atoms with Crippen LogP contribution in [0.1, 0.15) is 31.4 Å². The molecule has 2 rings (SSSR count). The monoisotopic (exact) mass is 269 g/mol. The third-order valence-electron chi connectivity index (χ3n) is 3.39. The van der Waals surface area contributed by atoms with Gasteiger partial charge >= 0.3 is 0 Å². The maximum Gasteiger partial charge on any atom is 0.242 e. The van der Waals surface area contributed by atoms with E-state index in [1.165, 1.54) is 25.5 Å². The number of nitrogens with zero attached hydrogens (tertiary/aromatic N) is 1. The van der Waals surface area contributed by atoms with Gasteiger partial charge in [-0.05, 0) is 24.5 Å². The fraction of sp³-hybridized carbons (Fsp3) is 0.583. The smallest absolute Gasteiger partial charge is 0.242 e.